The van der Waals surface area contributed by atoms with Crippen LogP contribution in [0.2, 0.25) is 0 Å². The molecule has 0 N–H and O–H groups in total. The molecule has 0 aliphatic rings. The molecule has 0 fully saturated rings. The lowest BCUT2D eigenvalue weighted by molar-refractivity contribution is 1.82. The summed E-state index contributed by atoms with van der Waals surface area (Å²) in [5.74, 6) is 0. The Kier molecular flexibility index (Phi) is 1.49. The molecule has 0 aliphatic carbocycles. The first-order valence-corrected chi connectivity index (χ1v) is 3.36. The van der Waals surface area contributed by atoms with Gasteiger partial charge in [-0.15, -0.1) is 11.3 Å². The van der Waals surface area contributed by atoms with Crippen LogP contribution in [0.1, 0.15) is 6.92 Å². The molecule has 0 radical (unpaired) electrons. The summed E-state index contributed by atoms with van der Waals surface area (Å²) >= 11 is 1.72. The summed E-state index contributed by atoms with van der Waals surface area (Å²) in [4.78, 5) is 0. The molecule has 1 rings (SSSR count). The maximum absolute atomic E-state index is 3.79. The van der Waals surface area contributed by atoms with Gasteiger partial charge in [0.1, 0.15) is 0 Å². The highest BCUT2D eigenvalue weighted by molar-refractivity contribution is 7.07. The van der Waals surface area contributed by atoms with E-state index in [0.29, 0.717) is 0 Å². The highest BCUT2D eigenvalue weighted by Crippen LogP contribution is 1.74. The van der Waals surface area contributed by atoms with Crippen molar-refractivity contribution in [2.45, 2.75) is 6.92 Å². The molecule has 1 heteroatoms. The van der Waals surface area contributed by atoms with Gasteiger partial charge in [-0.2, -0.15) is 0 Å². The SMILES string of the molecule is C=c1cc/c(=C/C)s1. The minimum atomic E-state index is 1.14. The van der Waals surface area contributed by atoms with Crippen molar-refractivity contribution < 1.29 is 0 Å². The molecule has 0 bridgehead atoms. The Labute approximate surface area is 52.8 Å². The standard InChI is InChI=1S/C7H8S/c1-3-7-5-4-6(2)8-7/h3-5H,2H2,1H3/b7-3-. The fraction of sp³-hybridized carbons (Fsp3) is 0.143. The van der Waals surface area contributed by atoms with Crippen LogP contribution < -0.4 is 9.06 Å². The predicted molar refractivity (Wildman–Crippen MR) is 39.2 cm³/mol. The Morgan fingerprint density at radius 1 is 1.62 bits per heavy atom. The zero-order valence-electron chi connectivity index (χ0n) is 4.85. The van der Waals surface area contributed by atoms with Gasteiger partial charge in [0.2, 0.25) is 0 Å². The molecule has 0 saturated carbocycles. The third-order valence-electron chi connectivity index (χ3n) is 0.967. The van der Waals surface area contributed by atoms with E-state index in [0.717, 1.165) is 4.53 Å². The summed E-state index contributed by atoms with van der Waals surface area (Å²) in [6, 6.07) is 4.10. The van der Waals surface area contributed by atoms with Crippen molar-refractivity contribution in [1.29, 1.82) is 0 Å². The van der Waals surface area contributed by atoms with Gasteiger partial charge in [-0.25, -0.2) is 0 Å². The smallest absolute Gasteiger partial charge is 0.0233 e. The minimum absolute atomic E-state index is 1.14. The molecule has 1 heterocycles. The summed E-state index contributed by atoms with van der Waals surface area (Å²) in [7, 11) is 0. The van der Waals surface area contributed by atoms with E-state index in [9.17, 15) is 0 Å². The summed E-state index contributed by atoms with van der Waals surface area (Å²) < 4.78 is 2.44. The van der Waals surface area contributed by atoms with Crippen molar-refractivity contribution in [2.75, 3.05) is 0 Å². The normalized spacial score (nSPS) is 12.4. The summed E-state index contributed by atoms with van der Waals surface area (Å²) in [6.45, 7) is 5.82. The van der Waals surface area contributed by atoms with Crippen LogP contribution >= 0.6 is 11.3 Å². The molecule has 0 unspecified atom stereocenters. The van der Waals surface area contributed by atoms with Gasteiger partial charge in [0.05, 0.1) is 0 Å². The lowest BCUT2D eigenvalue weighted by Crippen LogP contribution is -1.86. The first-order chi connectivity index (χ1) is 3.83. The van der Waals surface area contributed by atoms with Gasteiger partial charge in [-0.05, 0) is 19.1 Å². The van der Waals surface area contributed by atoms with Gasteiger partial charge >= 0.3 is 0 Å². The zero-order chi connectivity index (χ0) is 5.98. The molecular weight excluding hydrogens is 116 g/mol. The number of hydrogen-bond acceptors (Lipinski definition) is 1. The molecule has 0 spiro atoms. The van der Waals surface area contributed by atoms with Crippen LogP contribution in [-0.2, 0) is 0 Å². The molecular formula is C7H8S. The Morgan fingerprint density at radius 3 is 2.62 bits per heavy atom. The fourth-order valence-electron chi connectivity index (χ4n) is 0.550. The second-order valence-corrected chi connectivity index (χ2v) is 2.79. The van der Waals surface area contributed by atoms with Gasteiger partial charge in [0.25, 0.3) is 0 Å². The highest BCUT2D eigenvalue weighted by Gasteiger charge is 1.75. The van der Waals surface area contributed by atoms with Crippen molar-refractivity contribution in [3.63, 3.8) is 0 Å². The van der Waals surface area contributed by atoms with Crippen LogP contribution in [-0.4, -0.2) is 0 Å². The number of hydrogen-bond donors (Lipinski definition) is 0. The second-order valence-electron chi connectivity index (χ2n) is 1.59. The molecule has 42 valence electrons. The van der Waals surface area contributed by atoms with E-state index in [-0.39, 0.29) is 0 Å². The lowest BCUT2D eigenvalue weighted by atomic mass is 10.5. The fourth-order valence-corrected chi connectivity index (χ4v) is 1.24. The van der Waals surface area contributed by atoms with E-state index >= 15 is 0 Å². The monoisotopic (exact) mass is 124 g/mol. The maximum Gasteiger partial charge on any atom is 0.0233 e. The van der Waals surface area contributed by atoms with Crippen LogP contribution in [0.15, 0.2) is 12.1 Å². The molecule has 0 aromatic carbocycles. The highest BCUT2D eigenvalue weighted by atomic mass is 32.1. The van der Waals surface area contributed by atoms with Crippen LogP contribution in [0.25, 0.3) is 12.7 Å². The van der Waals surface area contributed by atoms with Crippen molar-refractivity contribution in [3.8, 4) is 0 Å². The second kappa shape index (κ2) is 2.14. The summed E-state index contributed by atoms with van der Waals surface area (Å²) in [5, 5.41) is 0. The predicted octanol–water partition coefficient (Wildman–Crippen LogP) is 0.959. The molecule has 0 saturated heterocycles. The van der Waals surface area contributed by atoms with Gasteiger partial charge in [0, 0.05) is 9.06 Å². The van der Waals surface area contributed by atoms with Crippen molar-refractivity contribution >= 4 is 24.0 Å². The zero-order valence-corrected chi connectivity index (χ0v) is 5.66. The average Bonchev–Trinajstić information content (AvgIpc) is 2.14. The minimum Gasteiger partial charge on any atom is -0.137 e. The topological polar surface area (TPSA) is 0 Å². The molecule has 1 aromatic heterocycles. The third kappa shape index (κ3) is 0.984. The quantitative estimate of drug-likeness (QED) is 0.483. The molecule has 8 heavy (non-hydrogen) atoms. The van der Waals surface area contributed by atoms with Crippen LogP contribution in [0.4, 0.5) is 0 Å². The van der Waals surface area contributed by atoms with Crippen LogP contribution in [0, 0.1) is 0 Å². The van der Waals surface area contributed by atoms with E-state index in [1.54, 1.807) is 11.3 Å². The summed E-state index contributed by atoms with van der Waals surface area (Å²) in [5.41, 5.74) is 0. The molecule has 0 aliphatic heterocycles. The Bertz CT molecular complexity index is 256. The molecule has 1 aromatic rings. The molecule has 0 nitrogen and oxygen atoms in total. The van der Waals surface area contributed by atoms with E-state index in [1.807, 2.05) is 13.0 Å². The van der Waals surface area contributed by atoms with Crippen molar-refractivity contribution in [1.82, 2.24) is 0 Å². The van der Waals surface area contributed by atoms with Crippen molar-refractivity contribution in [3.05, 3.63) is 21.2 Å². The Hall–Kier alpha value is -0.560. The third-order valence-corrected chi connectivity index (χ3v) is 1.97. The summed E-state index contributed by atoms with van der Waals surface area (Å²) in [6.07, 6.45) is 2.08. The first kappa shape index (κ1) is 5.57. The van der Waals surface area contributed by atoms with Gasteiger partial charge in [0.15, 0.2) is 0 Å². The van der Waals surface area contributed by atoms with E-state index < -0.39 is 0 Å². The maximum atomic E-state index is 3.79. The van der Waals surface area contributed by atoms with Crippen LogP contribution in [0.5, 0.6) is 0 Å². The van der Waals surface area contributed by atoms with E-state index in [4.69, 9.17) is 0 Å². The molecule has 0 amide bonds. The van der Waals surface area contributed by atoms with Gasteiger partial charge in [-0.3, -0.25) is 0 Å². The van der Waals surface area contributed by atoms with Gasteiger partial charge in [-0.1, -0.05) is 12.7 Å². The van der Waals surface area contributed by atoms with E-state index in [1.165, 1.54) is 4.53 Å². The Balaban J connectivity index is 3.41. The van der Waals surface area contributed by atoms with Crippen molar-refractivity contribution in [2.24, 2.45) is 0 Å². The lowest BCUT2D eigenvalue weighted by Gasteiger charge is -1.62. The molecule has 0 atom stereocenters. The largest absolute Gasteiger partial charge is 0.137 e. The van der Waals surface area contributed by atoms with Crippen LogP contribution in [0.3, 0.4) is 0 Å². The van der Waals surface area contributed by atoms with Gasteiger partial charge < -0.3 is 0 Å². The number of thiophene rings is 1. The Morgan fingerprint density at radius 2 is 2.38 bits per heavy atom. The van der Waals surface area contributed by atoms with E-state index in [2.05, 4.69) is 18.7 Å². The average molecular weight is 124 g/mol. The first-order valence-electron chi connectivity index (χ1n) is 2.54. The number of rotatable bonds is 0.